The third-order valence-corrected chi connectivity index (χ3v) is 7.24. The predicted molar refractivity (Wildman–Crippen MR) is 109 cm³/mol. The molecule has 2 atom stereocenters. The van der Waals surface area contributed by atoms with E-state index in [9.17, 15) is 18.3 Å². The highest BCUT2D eigenvalue weighted by atomic mass is 32.2. The Morgan fingerprint density at radius 3 is 1.96 bits per heavy atom. The van der Waals surface area contributed by atoms with Crippen LogP contribution in [-0.2, 0) is 14.8 Å². The van der Waals surface area contributed by atoms with Gasteiger partial charge in [0.05, 0.1) is 10.4 Å². The summed E-state index contributed by atoms with van der Waals surface area (Å²) in [4.78, 5) is 12.7. The molecule has 0 radical (unpaired) electrons. The summed E-state index contributed by atoms with van der Waals surface area (Å²) < 4.78 is 32.6. The van der Waals surface area contributed by atoms with Gasteiger partial charge in [0.2, 0.25) is 0 Å². The Balaban J connectivity index is 2.37. The monoisotopic (exact) mass is 411 g/mol. The molecule has 0 aromatic heterocycles. The van der Waals surface area contributed by atoms with Crippen LogP contribution in [0.15, 0.2) is 29.2 Å². The minimum atomic E-state index is -4.09. The second-order valence-corrected chi connectivity index (χ2v) is 11.9. The summed E-state index contributed by atoms with van der Waals surface area (Å²) in [7, 11) is -4.09. The molecule has 0 saturated heterocycles. The third kappa shape index (κ3) is 4.35. The highest BCUT2D eigenvalue weighted by molar-refractivity contribution is 7.89. The lowest BCUT2D eigenvalue weighted by Gasteiger charge is -2.35. The molecule has 6 nitrogen and oxygen atoms in total. The molecule has 1 aromatic carbocycles. The van der Waals surface area contributed by atoms with Gasteiger partial charge < -0.3 is 9.84 Å². The van der Waals surface area contributed by atoms with Crippen molar-refractivity contribution in [2.75, 3.05) is 6.61 Å². The average Bonchev–Trinajstić information content (AvgIpc) is 3.04. The first-order chi connectivity index (χ1) is 12.5. The lowest BCUT2D eigenvalue weighted by Crippen LogP contribution is -2.51. The van der Waals surface area contributed by atoms with Crippen LogP contribution in [0.2, 0.25) is 0 Å². The molecule has 1 N–H and O–H groups in total. The van der Waals surface area contributed by atoms with Crippen molar-refractivity contribution >= 4 is 16.1 Å². The molecule has 1 aliphatic carbocycles. The number of nitrogens with zero attached hydrogens (tertiary/aromatic N) is 1. The molecule has 0 bridgehead atoms. The summed E-state index contributed by atoms with van der Waals surface area (Å²) in [6.45, 7) is 14.3. The maximum atomic E-state index is 13.2. The molecule has 1 fully saturated rings. The number of sulfonamides is 1. The van der Waals surface area contributed by atoms with Gasteiger partial charge in [-0.05, 0) is 76.5 Å². The number of carbonyl (C=O) groups excluding carboxylic acids is 1. The van der Waals surface area contributed by atoms with E-state index >= 15 is 0 Å². The highest BCUT2D eigenvalue weighted by Gasteiger charge is 2.57. The first-order valence-corrected chi connectivity index (χ1v) is 11.0. The van der Waals surface area contributed by atoms with Crippen molar-refractivity contribution in [1.29, 1.82) is 0 Å². The van der Waals surface area contributed by atoms with Crippen molar-refractivity contribution < 1.29 is 23.1 Å². The van der Waals surface area contributed by atoms with Crippen LogP contribution in [0.4, 0.5) is 4.79 Å². The van der Waals surface area contributed by atoms with Gasteiger partial charge in [-0.2, -0.15) is 4.31 Å². The molecule has 0 heterocycles. The number of amides is 1. The van der Waals surface area contributed by atoms with Crippen LogP contribution in [0, 0.1) is 11.3 Å². The Hall–Kier alpha value is -1.60. The Kier molecular flexibility index (Phi) is 5.69. The van der Waals surface area contributed by atoms with Crippen LogP contribution in [0.1, 0.15) is 66.9 Å². The van der Waals surface area contributed by atoms with Gasteiger partial charge in [0.1, 0.15) is 5.60 Å². The summed E-state index contributed by atoms with van der Waals surface area (Å²) in [6.07, 6.45) is -0.896. The number of rotatable bonds is 4. The number of hydrogen-bond donors (Lipinski definition) is 1. The van der Waals surface area contributed by atoms with Gasteiger partial charge in [0, 0.05) is 6.61 Å². The number of aliphatic hydroxyl groups is 1. The smallest absolute Gasteiger partial charge is 0.424 e. The predicted octanol–water partition coefficient (Wildman–Crippen LogP) is 4.14. The molecular formula is C21H33NO5S. The molecule has 1 amide bonds. The lowest BCUT2D eigenvalue weighted by molar-refractivity contribution is 0.0282. The van der Waals surface area contributed by atoms with Crippen molar-refractivity contribution in [3.63, 3.8) is 0 Å². The quantitative estimate of drug-likeness (QED) is 0.805. The summed E-state index contributed by atoms with van der Waals surface area (Å²) in [5.41, 5.74) is -0.817. The highest BCUT2D eigenvalue weighted by Crippen LogP contribution is 2.64. The zero-order chi connectivity index (χ0) is 21.7. The van der Waals surface area contributed by atoms with E-state index in [2.05, 4.69) is 13.8 Å². The van der Waals surface area contributed by atoms with Gasteiger partial charge in [0.15, 0.2) is 0 Å². The zero-order valence-electron chi connectivity index (χ0n) is 18.1. The molecule has 2 rings (SSSR count). The van der Waals surface area contributed by atoms with Gasteiger partial charge in [-0.3, -0.25) is 0 Å². The topological polar surface area (TPSA) is 83.9 Å². The molecule has 1 aromatic rings. The number of hydrogen-bond acceptors (Lipinski definition) is 5. The molecule has 158 valence electrons. The number of aliphatic hydroxyl groups excluding tert-OH is 1. The third-order valence-electron chi connectivity index (χ3n) is 5.19. The summed E-state index contributed by atoms with van der Waals surface area (Å²) in [6, 6.07) is 6.59. The normalized spacial score (nSPS) is 21.9. The van der Waals surface area contributed by atoms with Gasteiger partial charge >= 0.3 is 6.09 Å². The summed E-state index contributed by atoms with van der Waals surface area (Å²) >= 11 is 0. The number of carbonyl (C=O) groups is 1. The minimum Gasteiger partial charge on any atom is -0.443 e. The average molecular weight is 412 g/mol. The first kappa shape index (κ1) is 22.7. The van der Waals surface area contributed by atoms with Crippen LogP contribution in [0.5, 0.6) is 0 Å². The van der Waals surface area contributed by atoms with E-state index in [1.807, 2.05) is 0 Å². The van der Waals surface area contributed by atoms with Gasteiger partial charge in [0.25, 0.3) is 10.0 Å². The fourth-order valence-electron chi connectivity index (χ4n) is 3.74. The Morgan fingerprint density at radius 1 is 1.11 bits per heavy atom. The Labute approximate surface area is 168 Å². The van der Waals surface area contributed by atoms with E-state index < -0.39 is 27.3 Å². The fourth-order valence-corrected chi connectivity index (χ4v) is 5.38. The van der Waals surface area contributed by atoms with Gasteiger partial charge in [-0.15, -0.1) is 0 Å². The SMILES string of the molecule is CC(C)(C)OC(=O)N(C(C)(C)C)S(=O)(=O)c1ccc([C@@H]2[C@@H](CO)C2(C)C)cc1. The molecule has 28 heavy (non-hydrogen) atoms. The summed E-state index contributed by atoms with van der Waals surface area (Å²) in [5, 5.41) is 9.52. The van der Waals surface area contributed by atoms with E-state index in [0.717, 1.165) is 9.87 Å². The van der Waals surface area contributed by atoms with Crippen molar-refractivity contribution in [3.05, 3.63) is 29.8 Å². The van der Waals surface area contributed by atoms with E-state index in [1.54, 1.807) is 53.7 Å². The van der Waals surface area contributed by atoms with Crippen molar-refractivity contribution in [2.24, 2.45) is 11.3 Å². The van der Waals surface area contributed by atoms with E-state index in [4.69, 9.17) is 4.74 Å². The molecular weight excluding hydrogens is 378 g/mol. The maximum Gasteiger partial charge on any atom is 0.424 e. The molecule has 0 aliphatic heterocycles. The summed E-state index contributed by atoms with van der Waals surface area (Å²) in [5.74, 6) is 0.363. The molecule has 1 aliphatic rings. The maximum absolute atomic E-state index is 13.2. The van der Waals surface area contributed by atoms with E-state index in [0.29, 0.717) is 0 Å². The number of benzene rings is 1. The second-order valence-electron chi connectivity index (χ2n) is 10.1. The number of ether oxygens (including phenoxy) is 1. The second kappa shape index (κ2) is 7.02. The van der Waals surface area contributed by atoms with Crippen LogP contribution in [-0.4, -0.2) is 41.7 Å². The van der Waals surface area contributed by atoms with Gasteiger partial charge in [-0.25, -0.2) is 13.2 Å². The zero-order valence-corrected chi connectivity index (χ0v) is 18.9. The standard InChI is InChI=1S/C21H33NO5S/c1-19(2,3)22(18(24)27-20(4,5)6)28(25,26)15-11-9-14(10-12-15)17-16(13-23)21(17,7)8/h9-12,16-17,23H,13H2,1-8H3/t16-,17-/m1/s1. The Bertz CT molecular complexity index is 829. The molecule has 7 heteroatoms. The minimum absolute atomic E-state index is 0.0108. The van der Waals surface area contributed by atoms with Crippen LogP contribution < -0.4 is 0 Å². The van der Waals surface area contributed by atoms with Crippen molar-refractivity contribution in [1.82, 2.24) is 4.31 Å². The van der Waals surface area contributed by atoms with E-state index in [-0.39, 0.29) is 28.8 Å². The van der Waals surface area contributed by atoms with Crippen LogP contribution >= 0.6 is 0 Å². The lowest BCUT2D eigenvalue weighted by atomic mass is 10.0. The molecule has 0 unspecified atom stereocenters. The van der Waals surface area contributed by atoms with Crippen molar-refractivity contribution in [3.8, 4) is 0 Å². The van der Waals surface area contributed by atoms with E-state index in [1.165, 1.54) is 12.1 Å². The first-order valence-electron chi connectivity index (χ1n) is 9.52. The van der Waals surface area contributed by atoms with Gasteiger partial charge in [-0.1, -0.05) is 26.0 Å². The molecule has 1 saturated carbocycles. The molecule has 0 spiro atoms. The van der Waals surface area contributed by atoms with Crippen LogP contribution in [0.3, 0.4) is 0 Å². The van der Waals surface area contributed by atoms with Crippen LogP contribution in [0.25, 0.3) is 0 Å². The largest absolute Gasteiger partial charge is 0.443 e. The van der Waals surface area contributed by atoms with Crippen molar-refractivity contribution in [2.45, 2.75) is 77.3 Å². The fraction of sp³-hybridized carbons (Fsp3) is 0.667. The Morgan fingerprint density at radius 2 is 1.61 bits per heavy atom.